The summed E-state index contributed by atoms with van der Waals surface area (Å²) in [6, 6.07) is 75.3. The number of hydrogen-bond acceptors (Lipinski definition) is 1. The van der Waals surface area contributed by atoms with Crippen LogP contribution in [0.2, 0.25) is 0 Å². The Morgan fingerprint density at radius 2 is 0.741 bits per heavy atom. The molecule has 10 aromatic carbocycles. The van der Waals surface area contributed by atoms with E-state index in [0.717, 1.165) is 17.1 Å². The van der Waals surface area contributed by atoms with Crippen LogP contribution in [0.4, 0.5) is 17.1 Å². The molecule has 0 radical (unpaired) electrons. The van der Waals surface area contributed by atoms with Gasteiger partial charge < -0.3 is 4.90 Å². The van der Waals surface area contributed by atoms with E-state index in [0.29, 0.717) is 0 Å². The summed E-state index contributed by atoms with van der Waals surface area (Å²) in [5.74, 6) is 0. The van der Waals surface area contributed by atoms with Gasteiger partial charge in [-0.2, -0.15) is 0 Å². The number of anilines is 3. The Kier molecular flexibility index (Phi) is 7.78. The van der Waals surface area contributed by atoms with Crippen molar-refractivity contribution < 1.29 is 0 Å². The molecule has 0 saturated heterocycles. The molecular formula is C53H37N. The summed E-state index contributed by atoms with van der Waals surface area (Å²) in [6.07, 6.45) is 0. The lowest BCUT2D eigenvalue weighted by Gasteiger charge is -2.28. The molecule has 0 saturated carbocycles. The van der Waals surface area contributed by atoms with Crippen molar-refractivity contribution in [2.75, 3.05) is 4.90 Å². The normalized spacial score (nSPS) is 11.4. The van der Waals surface area contributed by atoms with Crippen molar-refractivity contribution in [1.82, 2.24) is 0 Å². The van der Waals surface area contributed by atoms with Gasteiger partial charge in [0.1, 0.15) is 0 Å². The molecule has 0 N–H and O–H groups in total. The highest BCUT2D eigenvalue weighted by Gasteiger charge is 2.19. The van der Waals surface area contributed by atoms with E-state index in [1.807, 2.05) is 0 Å². The molecule has 254 valence electrons. The van der Waals surface area contributed by atoms with E-state index in [1.54, 1.807) is 0 Å². The minimum atomic E-state index is 1.12. The summed E-state index contributed by atoms with van der Waals surface area (Å²) >= 11 is 0. The van der Waals surface area contributed by atoms with Gasteiger partial charge in [-0.3, -0.25) is 0 Å². The molecule has 0 unspecified atom stereocenters. The van der Waals surface area contributed by atoms with E-state index < -0.39 is 0 Å². The van der Waals surface area contributed by atoms with Crippen molar-refractivity contribution in [3.63, 3.8) is 0 Å². The van der Waals surface area contributed by atoms with Crippen LogP contribution in [0.25, 0.3) is 76.5 Å². The zero-order chi connectivity index (χ0) is 36.0. The second kappa shape index (κ2) is 13.2. The van der Waals surface area contributed by atoms with Crippen molar-refractivity contribution in [3.8, 4) is 33.4 Å². The predicted molar refractivity (Wildman–Crippen MR) is 232 cm³/mol. The van der Waals surface area contributed by atoms with Crippen molar-refractivity contribution in [2.24, 2.45) is 0 Å². The van der Waals surface area contributed by atoms with E-state index in [2.05, 4.69) is 218 Å². The van der Waals surface area contributed by atoms with Gasteiger partial charge in [0.15, 0.2) is 0 Å². The summed E-state index contributed by atoms with van der Waals surface area (Å²) < 4.78 is 0. The minimum absolute atomic E-state index is 1.12. The highest BCUT2D eigenvalue weighted by molar-refractivity contribution is 6.14. The SMILES string of the molecule is Cc1cc(N(c2ccc(-c3cccc4ccccc34)cc2)c2cc3ccccc3c3ccccc23)ccc1-c1ccc(-c2cccc3ccccc23)cc1. The maximum absolute atomic E-state index is 2.43. The summed E-state index contributed by atoms with van der Waals surface area (Å²) in [4.78, 5) is 2.43. The fourth-order valence-corrected chi connectivity index (χ4v) is 8.33. The fraction of sp³-hybridized carbons (Fsp3) is 0.0189. The molecule has 10 aromatic rings. The van der Waals surface area contributed by atoms with E-state index in [1.165, 1.54) is 82.0 Å². The molecule has 1 nitrogen and oxygen atoms in total. The van der Waals surface area contributed by atoms with Gasteiger partial charge in [0.25, 0.3) is 0 Å². The van der Waals surface area contributed by atoms with Crippen LogP contribution in [0, 0.1) is 6.92 Å². The first-order valence-electron chi connectivity index (χ1n) is 18.7. The largest absolute Gasteiger partial charge is 0.310 e. The van der Waals surface area contributed by atoms with Crippen LogP contribution in [0.3, 0.4) is 0 Å². The highest BCUT2D eigenvalue weighted by atomic mass is 15.1. The second-order valence-electron chi connectivity index (χ2n) is 14.2. The summed E-state index contributed by atoms with van der Waals surface area (Å²) in [5, 5.41) is 10.0. The second-order valence-corrected chi connectivity index (χ2v) is 14.2. The van der Waals surface area contributed by atoms with Gasteiger partial charge in [-0.25, -0.2) is 0 Å². The Balaban J connectivity index is 1.09. The Bertz CT molecular complexity index is 2980. The lowest BCUT2D eigenvalue weighted by atomic mass is 9.94. The topological polar surface area (TPSA) is 3.24 Å². The van der Waals surface area contributed by atoms with Crippen LogP contribution in [0.5, 0.6) is 0 Å². The van der Waals surface area contributed by atoms with Crippen LogP contribution in [0.1, 0.15) is 5.56 Å². The molecule has 0 bridgehead atoms. The molecule has 0 aromatic heterocycles. The maximum atomic E-state index is 2.43. The summed E-state index contributed by atoms with van der Waals surface area (Å²) in [7, 11) is 0. The molecule has 10 rings (SSSR count). The number of rotatable bonds is 6. The van der Waals surface area contributed by atoms with Gasteiger partial charge >= 0.3 is 0 Å². The Hall–Kier alpha value is -6.96. The van der Waals surface area contributed by atoms with Crippen molar-refractivity contribution in [1.29, 1.82) is 0 Å². The lowest BCUT2D eigenvalue weighted by molar-refractivity contribution is 1.29. The quantitative estimate of drug-likeness (QED) is 0.157. The maximum Gasteiger partial charge on any atom is 0.0546 e. The number of fused-ring (bicyclic) bond motifs is 5. The molecule has 0 aliphatic rings. The summed E-state index contributed by atoms with van der Waals surface area (Å²) in [6.45, 7) is 2.23. The molecule has 0 aliphatic carbocycles. The van der Waals surface area contributed by atoms with Crippen molar-refractivity contribution in [3.05, 3.63) is 212 Å². The van der Waals surface area contributed by atoms with Crippen LogP contribution >= 0.6 is 0 Å². The first kappa shape index (κ1) is 31.7. The van der Waals surface area contributed by atoms with Crippen LogP contribution in [0.15, 0.2) is 206 Å². The fourth-order valence-electron chi connectivity index (χ4n) is 8.33. The summed E-state index contributed by atoms with van der Waals surface area (Å²) in [5.41, 5.74) is 12.0. The Morgan fingerprint density at radius 3 is 1.33 bits per heavy atom. The highest BCUT2D eigenvalue weighted by Crippen LogP contribution is 2.44. The van der Waals surface area contributed by atoms with Crippen LogP contribution < -0.4 is 4.90 Å². The first-order valence-corrected chi connectivity index (χ1v) is 18.7. The van der Waals surface area contributed by atoms with Crippen LogP contribution in [-0.2, 0) is 0 Å². The standard InChI is InChI=1S/C53H37N/c1-36-34-44(32-33-45(36)39-24-26-40(27-25-39)48-22-10-15-37-12-2-5-17-46(37)48)54(53-35-42-14-4-7-19-50(42)51-20-8-9-21-52(51)53)43-30-28-41(29-31-43)49-23-11-16-38-13-3-6-18-47(38)49/h2-35H,1H3. The third kappa shape index (κ3) is 5.50. The average molecular weight is 688 g/mol. The van der Waals surface area contributed by atoms with Gasteiger partial charge in [0, 0.05) is 16.8 Å². The lowest BCUT2D eigenvalue weighted by Crippen LogP contribution is -2.11. The average Bonchev–Trinajstić information content (AvgIpc) is 3.24. The zero-order valence-electron chi connectivity index (χ0n) is 30.1. The van der Waals surface area contributed by atoms with Crippen LogP contribution in [-0.4, -0.2) is 0 Å². The van der Waals surface area contributed by atoms with Gasteiger partial charge in [-0.15, -0.1) is 0 Å². The molecule has 0 atom stereocenters. The third-order valence-corrected chi connectivity index (χ3v) is 11.0. The zero-order valence-corrected chi connectivity index (χ0v) is 30.1. The number of aryl methyl sites for hydroxylation is 1. The van der Waals surface area contributed by atoms with Gasteiger partial charge in [0.2, 0.25) is 0 Å². The van der Waals surface area contributed by atoms with Crippen molar-refractivity contribution >= 4 is 60.2 Å². The van der Waals surface area contributed by atoms with E-state index >= 15 is 0 Å². The van der Waals surface area contributed by atoms with E-state index in [4.69, 9.17) is 0 Å². The Morgan fingerprint density at radius 1 is 0.296 bits per heavy atom. The molecule has 0 heterocycles. The predicted octanol–water partition coefficient (Wildman–Crippen LogP) is 15.1. The third-order valence-electron chi connectivity index (χ3n) is 11.0. The van der Waals surface area contributed by atoms with E-state index in [9.17, 15) is 0 Å². The van der Waals surface area contributed by atoms with Gasteiger partial charge in [0.05, 0.1) is 5.69 Å². The molecule has 0 spiro atoms. The smallest absolute Gasteiger partial charge is 0.0546 e. The monoisotopic (exact) mass is 687 g/mol. The van der Waals surface area contributed by atoms with E-state index in [-0.39, 0.29) is 0 Å². The number of benzene rings is 10. The molecule has 0 fully saturated rings. The minimum Gasteiger partial charge on any atom is -0.310 e. The molecule has 0 amide bonds. The number of nitrogens with zero attached hydrogens (tertiary/aromatic N) is 1. The molecule has 54 heavy (non-hydrogen) atoms. The molecule has 1 heteroatoms. The Labute approximate surface area is 316 Å². The molecule has 0 aliphatic heterocycles. The van der Waals surface area contributed by atoms with Gasteiger partial charge in [-0.1, -0.05) is 176 Å². The number of hydrogen-bond donors (Lipinski definition) is 0. The molecular weight excluding hydrogens is 651 g/mol. The van der Waals surface area contributed by atoms with Crippen molar-refractivity contribution in [2.45, 2.75) is 6.92 Å². The van der Waals surface area contributed by atoms with Gasteiger partial charge in [-0.05, 0) is 114 Å². The first-order chi connectivity index (χ1) is 26.7.